The van der Waals surface area contributed by atoms with Crippen LogP contribution in [0.25, 0.3) is 0 Å². The number of hydrogen-bond acceptors (Lipinski definition) is 4. The van der Waals surface area contributed by atoms with E-state index in [-0.39, 0.29) is 17.7 Å². The maximum atomic E-state index is 12.1. The van der Waals surface area contributed by atoms with Crippen molar-refractivity contribution in [2.45, 2.75) is 62.9 Å². The van der Waals surface area contributed by atoms with Crippen molar-refractivity contribution in [1.29, 1.82) is 0 Å². The van der Waals surface area contributed by atoms with E-state index >= 15 is 0 Å². The second kappa shape index (κ2) is 6.37. The van der Waals surface area contributed by atoms with Gasteiger partial charge in [0, 0.05) is 17.6 Å². The van der Waals surface area contributed by atoms with Crippen molar-refractivity contribution in [2.24, 2.45) is 0 Å². The van der Waals surface area contributed by atoms with Crippen LogP contribution in [0, 0.1) is 0 Å². The predicted octanol–water partition coefficient (Wildman–Crippen LogP) is 2.70. The molecule has 0 saturated carbocycles. The lowest BCUT2D eigenvalue weighted by Crippen LogP contribution is -2.63. The van der Waals surface area contributed by atoms with Gasteiger partial charge in [-0.05, 0) is 38.2 Å². The average Bonchev–Trinajstić information content (AvgIpc) is 2.72. The maximum absolute atomic E-state index is 12.1. The van der Waals surface area contributed by atoms with E-state index in [0.29, 0.717) is 18.7 Å². The zero-order chi connectivity index (χ0) is 16.6. The zero-order valence-electron chi connectivity index (χ0n) is 14.2. The number of fused-ring (bicyclic) bond motifs is 2. The number of rotatable bonds is 4. The molecule has 5 heteroatoms. The number of benzene rings is 1. The normalized spacial score (nSPS) is 33.0. The van der Waals surface area contributed by atoms with Crippen LogP contribution in [-0.4, -0.2) is 47.9 Å². The van der Waals surface area contributed by atoms with Crippen molar-refractivity contribution < 1.29 is 14.3 Å². The summed E-state index contributed by atoms with van der Waals surface area (Å²) >= 11 is 0. The number of amides is 1. The van der Waals surface area contributed by atoms with E-state index in [0.717, 1.165) is 31.6 Å². The van der Waals surface area contributed by atoms with Crippen molar-refractivity contribution in [3.05, 3.63) is 35.9 Å². The van der Waals surface area contributed by atoms with Crippen molar-refractivity contribution in [3.63, 3.8) is 0 Å². The predicted molar refractivity (Wildman–Crippen MR) is 90.7 cm³/mol. The van der Waals surface area contributed by atoms with Gasteiger partial charge in [0.1, 0.15) is 6.61 Å². The van der Waals surface area contributed by atoms with Gasteiger partial charge in [-0.2, -0.15) is 0 Å². The summed E-state index contributed by atoms with van der Waals surface area (Å²) in [5, 5.41) is 3.09. The highest BCUT2D eigenvalue weighted by molar-refractivity contribution is 5.67. The summed E-state index contributed by atoms with van der Waals surface area (Å²) in [6.07, 6.45) is 4.16. The lowest BCUT2D eigenvalue weighted by molar-refractivity contribution is -0.116. The summed E-state index contributed by atoms with van der Waals surface area (Å²) in [5.74, 6) is 0. The van der Waals surface area contributed by atoms with Gasteiger partial charge in [-0.1, -0.05) is 30.3 Å². The van der Waals surface area contributed by atoms with Gasteiger partial charge in [-0.3, -0.25) is 4.90 Å². The fraction of sp³-hybridized carbons (Fsp3) is 0.632. The lowest BCUT2D eigenvalue weighted by Gasteiger charge is -2.51. The van der Waals surface area contributed by atoms with E-state index in [1.807, 2.05) is 30.3 Å². The van der Waals surface area contributed by atoms with Gasteiger partial charge < -0.3 is 14.8 Å². The van der Waals surface area contributed by atoms with Crippen LogP contribution in [-0.2, 0) is 16.1 Å². The van der Waals surface area contributed by atoms with E-state index in [1.54, 1.807) is 0 Å². The standard InChI is InChI=1S/C19H26N2O3/c1-19-8-7-16(21(19)17-12-23-13-17)9-15(10-19)20-18(22)24-11-14-5-3-2-4-6-14/h2-6,15-17H,7-13H2,1H3,(H,20,22). The van der Waals surface area contributed by atoms with Crippen LogP contribution in [0.15, 0.2) is 30.3 Å². The summed E-state index contributed by atoms with van der Waals surface area (Å²) in [6, 6.07) is 11.2. The number of nitrogens with one attached hydrogen (secondary N) is 1. The largest absolute Gasteiger partial charge is 0.445 e. The molecule has 4 rings (SSSR count). The Labute approximate surface area is 143 Å². The van der Waals surface area contributed by atoms with E-state index in [9.17, 15) is 4.79 Å². The monoisotopic (exact) mass is 330 g/mol. The zero-order valence-corrected chi connectivity index (χ0v) is 14.2. The molecule has 3 atom stereocenters. The Morgan fingerprint density at radius 1 is 1.33 bits per heavy atom. The van der Waals surface area contributed by atoms with Crippen LogP contribution in [0.4, 0.5) is 4.79 Å². The molecule has 1 aromatic rings. The van der Waals surface area contributed by atoms with Gasteiger partial charge in [-0.25, -0.2) is 4.79 Å². The minimum atomic E-state index is -0.299. The Balaban J connectivity index is 1.31. The number of alkyl carbamates (subject to hydrolysis) is 1. The van der Waals surface area contributed by atoms with Crippen molar-refractivity contribution in [2.75, 3.05) is 13.2 Å². The van der Waals surface area contributed by atoms with Gasteiger partial charge in [0.05, 0.1) is 19.3 Å². The summed E-state index contributed by atoms with van der Waals surface area (Å²) < 4.78 is 10.8. The number of hydrogen-bond donors (Lipinski definition) is 1. The first-order chi connectivity index (χ1) is 11.6. The fourth-order valence-electron chi connectivity index (χ4n) is 4.73. The Kier molecular flexibility index (Phi) is 4.22. The third kappa shape index (κ3) is 3.03. The van der Waals surface area contributed by atoms with Crippen LogP contribution >= 0.6 is 0 Å². The number of carbonyl (C=O) groups is 1. The van der Waals surface area contributed by atoms with Crippen LogP contribution in [0.1, 0.15) is 38.2 Å². The molecule has 0 aromatic heterocycles. The summed E-state index contributed by atoms with van der Waals surface area (Å²) in [5.41, 5.74) is 1.20. The molecule has 3 aliphatic heterocycles. The lowest BCUT2D eigenvalue weighted by atomic mass is 9.85. The molecule has 3 saturated heterocycles. The molecule has 24 heavy (non-hydrogen) atoms. The van der Waals surface area contributed by atoms with Crippen LogP contribution in [0.3, 0.4) is 0 Å². The van der Waals surface area contributed by atoms with Crippen LogP contribution < -0.4 is 5.32 Å². The van der Waals surface area contributed by atoms with Gasteiger partial charge in [0.2, 0.25) is 0 Å². The molecular formula is C19H26N2O3. The second-order valence-electron chi connectivity index (χ2n) is 7.63. The summed E-state index contributed by atoms with van der Waals surface area (Å²) in [7, 11) is 0. The fourth-order valence-corrected chi connectivity index (χ4v) is 4.73. The Bertz CT molecular complexity index is 590. The van der Waals surface area contributed by atoms with Crippen molar-refractivity contribution in [1.82, 2.24) is 10.2 Å². The number of piperidine rings is 1. The SMILES string of the molecule is CC12CCC(CC(NC(=O)OCc3ccccc3)C1)N2C1COC1. The smallest absolute Gasteiger partial charge is 0.407 e. The van der Waals surface area contributed by atoms with Gasteiger partial charge in [0.25, 0.3) is 0 Å². The highest BCUT2D eigenvalue weighted by Gasteiger charge is 2.52. The van der Waals surface area contributed by atoms with Gasteiger partial charge >= 0.3 is 6.09 Å². The van der Waals surface area contributed by atoms with E-state index in [1.165, 1.54) is 12.8 Å². The number of carbonyl (C=O) groups excluding carboxylic acids is 1. The Morgan fingerprint density at radius 3 is 2.79 bits per heavy atom. The molecule has 0 spiro atoms. The minimum Gasteiger partial charge on any atom is -0.445 e. The van der Waals surface area contributed by atoms with Crippen molar-refractivity contribution >= 4 is 6.09 Å². The molecule has 2 bridgehead atoms. The first-order valence-corrected chi connectivity index (χ1v) is 8.97. The first kappa shape index (κ1) is 15.9. The highest BCUT2D eigenvalue weighted by atomic mass is 16.5. The quantitative estimate of drug-likeness (QED) is 0.922. The third-order valence-corrected chi connectivity index (χ3v) is 5.82. The number of nitrogens with zero attached hydrogens (tertiary/aromatic N) is 1. The number of ether oxygens (including phenoxy) is 2. The van der Waals surface area contributed by atoms with E-state index in [4.69, 9.17) is 9.47 Å². The maximum Gasteiger partial charge on any atom is 0.407 e. The molecule has 0 aliphatic carbocycles. The molecular weight excluding hydrogens is 304 g/mol. The second-order valence-corrected chi connectivity index (χ2v) is 7.63. The van der Waals surface area contributed by atoms with Gasteiger partial charge in [0.15, 0.2) is 0 Å². The summed E-state index contributed by atoms with van der Waals surface area (Å²) in [6.45, 7) is 4.40. The Morgan fingerprint density at radius 2 is 2.12 bits per heavy atom. The molecule has 130 valence electrons. The summed E-state index contributed by atoms with van der Waals surface area (Å²) in [4.78, 5) is 14.8. The molecule has 1 amide bonds. The minimum absolute atomic E-state index is 0.189. The van der Waals surface area contributed by atoms with Gasteiger partial charge in [-0.15, -0.1) is 0 Å². The molecule has 0 radical (unpaired) electrons. The van der Waals surface area contributed by atoms with E-state index in [2.05, 4.69) is 17.1 Å². The molecule has 3 unspecified atom stereocenters. The molecule has 3 fully saturated rings. The molecule has 3 aliphatic rings. The third-order valence-electron chi connectivity index (χ3n) is 5.82. The van der Waals surface area contributed by atoms with Crippen LogP contribution in [0.2, 0.25) is 0 Å². The molecule has 1 N–H and O–H groups in total. The van der Waals surface area contributed by atoms with E-state index < -0.39 is 0 Å². The van der Waals surface area contributed by atoms with Crippen molar-refractivity contribution in [3.8, 4) is 0 Å². The topological polar surface area (TPSA) is 50.8 Å². The molecule has 3 heterocycles. The van der Waals surface area contributed by atoms with Crippen LogP contribution in [0.5, 0.6) is 0 Å². The Hall–Kier alpha value is -1.59. The first-order valence-electron chi connectivity index (χ1n) is 8.97. The molecule has 1 aromatic carbocycles. The highest BCUT2D eigenvalue weighted by Crippen LogP contribution is 2.46. The average molecular weight is 330 g/mol. The molecule has 5 nitrogen and oxygen atoms in total.